The second kappa shape index (κ2) is 7.00. The molecule has 3 aromatic heterocycles. The average molecular weight is 413 g/mol. The van der Waals surface area contributed by atoms with E-state index in [-0.39, 0.29) is 5.69 Å². The lowest BCUT2D eigenvalue weighted by molar-refractivity contribution is 0.0980. The van der Waals surface area contributed by atoms with Crippen LogP contribution < -0.4 is 5.73 Å². The smallest absolute Gasteiger partial charge is 0.269 e. The van der Waals surface area contributed by atoms with Gasteiger partial charge in [0, 0.05) is 29.4 Å². The van der Waals surface area contributed by atoms with Gasteiger partial charge in [0.05, 0.1) is 11.2 Å². The summed E-state index contributed by atoms with van der Waals surface area (Å²) in [6.07, 6.45) is 4.34. The van der Waals surface area contributed by atoms with Gasteiger partial charge < -0.3 is 10.8 Å². The van der Waals surface area contributed by atoms with Gasteiger partial charge in [-0.25, -0.2) is 14.1 Å². The van der Waals surface area contributed by atoms with E-state index in [9.17, 15) is 14.3 Å². The number of nitrogens with zero attached hydrogens (tertiary/aromatic N) is 4. The Morgan fingerprint density at radius 3 is 2.90 bits per heavy atom. The summed E-state index contributed by atoms with van der Waals surface area (Å²) in [5.74, 6) is 5.05. The Balaban J connectivity index is 1.57. The number of fused-ring (bicyclic) bond motifs is 2. The Morgan fingerprint density at radius 2 is 2.06 bits per heavy atom. The van der Waals surface area contributed by atoms with E-state index in [2.05, 4.69) is 26.9 Å². The lowest BCUT2D eigenvalue weighted by Gasteiger charge is -2.15. The molecule has 0 radical (unpaired) electrons. The first kappa shape index (κ1) is 18.9. The zero-order chi connectivity index (χ0) is 21.6. The molecule has 152 valence electrons. The number of aliphatic hydroxyl groups is 1. The number of nitrogens with two attached hydrogens (primary N) is 1. The van der Waals surface area contributed by atoms with Crippen LogP contribution in [0.2, 0.25) is 0 Å². The van der Waals surface area contributed by atoms with E-state index in [0.717, 1.165) is 5.56 Å². The van der Waals surface area contributed by atoms with Crippen molar-refractivity contribution in [1.29, 1.82) is 0 Å². The van der Waals surface area contributed by atoms with Crippen LogP contribution in [-0.4, -0.2) is 30.8 Å². The first-order valence-electron chi connectivity index (χ1n) is 9.59. The number of pyridine rings is 2. The number of aromatic nitrogens is 4. The zero-order valence-corrected chi connectivity index (χ0v) is 16.2. The molecule has 3 N–H and O–H groups in total. The Morgan fingerprint density at radius 1 is 1.19 bits per heavy atom. The molecule has 3 heterocycles. The molecular weight excluding hydrogens is 397 g/mol. The third-order valence-corrected chi connectivity index (χ3v) is 5.29. The van der Waals surface area contributed by atoms with E-state index in [1.54, 1.807) is 18.3 Å². The van der Waals surface area contributed by atoms with Crippen LogP contribution in [0, 0.1) is 17.7 Å². The summed E-state index contributed by atoms with van der Waals surface area (Å²) in [4.78, 5) is 20.3. The Bertz CT molecular complexity index is 1420. The molecule has 0 fully saturated rings. The van der Waals surface area contributed by atoms with Crippen LogP contribution in [0.15, 0.2) is 54.9 Å². The summed E-state index contributed by atoms with van der Waals surface area (Å²) < 4.78 is 15.2. The van der Waals surface area contributed by atoms with Gasteiger partial charge in [-0.05, 0) is 48.7 Å². The van der Waals surface area contributed by atoms with Gasteiger partial charge in [-0.15, -0.1) is 0 Å². The van der Waals surface area contributed by atoms with Crippen molar-refractivity contribution in [3.63, 3.8) is 0 Å². The number of amides is 1. The zero-order valence-electron chi connectivity index (χ0n) is 16.2. The van der Waals surface area contributed by atoms with Gasteiger partial charge in [0.1, 0.15) is 5.82 Å². The van der Waals surface area contributed by atoms with Crippen molar-refractivity contribution >= 4 is 16.8 Å². The Labute approximate surface area is 176 Å². The molecule has 31 heavy (non-hydrogen) atoms. The van der Waals surface area contributed by atoms with Crippen LogP contribution in [0.3, 0.4) is 0 Å². The highest BCUT2D eigenvalue weighted by molar-refractivity contribution is 6.04. The van der Waals surface area contributed by atoms with Crippen molar-refractivity contribution in [2.75, 3.05) is 0 Å². The minimum Gasteiger partial charge on any atom is -0.372 e. The predicted octanol–water partition coefficient (Wildman–Crippen LogP) is 2.24. The lowest BCUT2D eigenvalue weighted by atomic mass is 10.0. The van der Waals surface area contributed by atoms with Crippen LogP contribution in [-0.2, 0) is 12.0 Å². The van der Waals surface area contributed by atoms with Crippen molar-refractivity contribution in [3.8, 4) is 17.7 Å². The molecule has 7 nitrogen and oxygen atoms in total. The molecule has 1 aliphatic carbocycles. The van der Waals surface area contributed by atoms with Gasteiger partial charge >= 0.3 is 0 Å². The number of halogens is 1. The molecule has 0 bridgehead atoms. The third-order valence-electron chi connectivity index (χ3n) is 5.29. The second-order valence-electron chi connectivity index (χ2n) is 7.31. The van der Waals surface area contributed by atoms with Gasteiger partial charge in [-0.1, -0.05) is 17.9 Å². The van der Waals surface area contributed by atoms with Gasteiger partial charge in [0.15, 0.2) is 17.1 Å². The summed E-state index contributed by atoms with van der Waals surface area (Å²) in [5, 5.41) is 15.6. The largest absolute Gasteiger partial charge is 0.372 e. The fraction of sp³-hybridized carbons (Fsp3) is 0.130. The highest BCUT2D eigenvalue weighted by Crippen LogP contribution is 2.34. The number of rotatable bonds is 2. The number of aryl methyl sites for hydroxylation is 1. The van der Waals surface area contributed by atoms with Crippen molar-refractivity contribution < 1.29 is 14.3 Å². The number of hydrogen-bond acceptors (Lipinski definition) is 5. The van der Waals surface area contributed by atoms with Crippen LogP contribution in [0.1, 0.15) is 33.7 Å². The first-order chi connectivity index (χ1) is 14.9. The average Bonchev–Trinajstić information content (AvgIpc) is 3.31. The van der Waals surface area contributed by atoms with Gasteiger partial charge in [-0.2, -0.15) is 5.10 Å². The Kier molecular flexibility index (Phi) is 4.27. The fourth-order valence-corrected chi connectivity index (χ4v) is 3.80. The maximum atomic E-state index is 13.8. The van der Waals surface area contributed by atoms with E-state index in [0.29, 0.717) is 40.8 Å². The molecular formula is C23H16FN5O2. The fourth-order valence-electron chi connectivity index (χ4n) is 3.80. The molecule has 0 spiro atoms. The van der Waals surface area contributed by atoms with Crippen LogP contribution in [0.25, 0.3) is 16.7 Å². The highest BCUT2D eigenvalue weighted by atomic mass is 19.1. The number of carbonyl (C=O) groups is 1. The Hall–Kier alpha value is -4.09. The molecule has 0 saturated carbocycles. The van der Waals surface area contributed by atoms with Crippen molar-refractivity contribution in [1.82, 2.24) is 19.7 Å². The number of carbonyl (C=O) groups excluding carboxylic acids is 1. The lowest BCUT2D eigenvalue weighted by Crippen LogP contribution is -2.21. The van der Waals surface area contributed by atoms with Crippen molar-refractivity contribution in [2.24, 2.45) is 5.73 Å². The predicted molar refractivity (Wildman–Crippen MR) is 111 cm³/mol. The molecule has 0 unspecified atom stereocenters. The minimum atomic E-state index is -1.32. The normalized spacial score (nSPS) is 17.2. The van der Waals surface area contributed by atoms with E-state index >= 15 is 0 Å². The molecule has 0 aliphatic heterocycles. The molecule has 1 aliphatic rings. The summed E-state index contributed by atoms with van der Waals surface area (Å²) >= 11 is 0. The summed E-state index contributed by atoms with van der Waals surface area (Å²) in [7, 11) is 0. The summed E-state index contributed by atoms with van der Waals surface area (Å²) in [5.41, 5.74) is 6.63. The van der Waals surface area contributed by atoms with Crippen LogP contribution >= 0.6 is 0 Å². The quantitative estimate of drug-likeness (QED) is 0.490. The van der Waals surface area contributed by atoms with E-state index in [1.165, 1.54) is 29.1 Å². The van der Waals surface area contributed by atoms with Crippen molar-refractivity contribution in [3.05, 3.63) is 83.2 Å². The number of hydrogen-bond donors (Lipinski definition) is 2. The maximum absolute atomic E-state index is 13.8. The standard InChI is InChI=1S/C23H16FN5O2/c24-16-3-4-17-18(13-16)29(28-20(17)22(25)30)19-12-14(7-11-26-19)5-8-23(31)9-6-15-2-1-10-27-21(15)23/h1-4,7,10-13,31H,6,9H2,(H2,25,30)/t23-/m0/s1. The first-order valence-corrected chi connectivity index (χ1v) is 9.59. The maximum Gasteiger partial charge on any atom is 0.269 e. The molecule has 1 atom stereocenters. The summed E-state index contributed by atoms with van der Waals surface area (Å²) in [6, 6.07) is 11.1. The van der Waals surface area contributed by atoms with Crippen LogP contribution in [0.4, 0.5) is 4.39 Å². The van der Waals surface area contributed by atoms with Crippen molar-refractivity contribution in [2.45, 2.75) is 18.4 Å². The number of primary amides is 1. The number of benzene rings is 1. The van der Waals surface area contributed by atoms with Gasteiger partial charge in [0.25, 0.3) is 5.91 Å². The topological polar surface area (TPSA) is 107 Å². The highest BCUT2D eigenvalue weighted by Gasteiger charge is 2.36. The molecule has 4 aromatic rings. The molecule has 1 amide bonds. The second-order valence-corrected chi connectivity index (χ2v) is 7.31. The molecule has 8 heteroatoms. The van der Waals surface area contributed by atoms with Gasteiger partial charge in [-0.3, -0.25) is 9.78 Å². The van der Waals surface area contributed by atoms with E-state index in [4.69, 9.17) is 5.73 Å². The van der Waals surface area contributed by atoms with Crippen LogP contribution in [0.5, 0.6) is 0 Å². The third kappa shape index (κ3) is 3.21. The minimum absolute atomic E-state index is 0.0243. The SMILES string of the molecule is NC(=O)c1nn(-c2cc(C#C[C@]3(O)CCc4cccnc43)ccn2)c2cc(F)ccc12. The van der Waals surface area contributed by atoms with Gasteiger partial charge in [0.2, 0.25) is 0 Å². The molecule has 5 rings (SSSR count). The molecule has 1 aromatic carbocycles. The van der Waals surface area contributed by atoms with E-state index in [1.807, 2.05) is 12.1 Å². The molecule has 0 saturated heterocycles. The van der Waals surface area contributed by atoms with E-state index < -0.39 is 17.3 Å². The summed E-state index contributed by atoms with van der Waals surface area (Å²) in [6.45, 7) is 0. The monoisotopic (exact) mass is 413 g/mol.